The Kier molecular flexibility index (Phi) is 4.59. The van der Waals surface area contributed by atoms with Gasteiger partial charge in [-0.05, 0) is 57.9 Å². The molecule has 0 unspecified atom stereocenters. The average molecular weight is 352 g/mol. The summed E-state index contributed by atoms with van der Waals surface area (Å²) in [5.74, 6) is 1.06. The lowest BCUT2D eigenvalue weighted by molar-refractivity contribution is -0.117. The molecule has 0 radical (unpaired) electrons. The number of anilines is 1. The fourth-order valence-electron chi connectivity index (χ4n) is 3.18. The minimum atomic E-state index is 0.0982. The number of carbonyl (C=O) groups is 1. The van der Waals surface area contributed by atoms with Crippen molar-refractivity contribution in [3.63, 3.8) is 0 Å². The highest BCUT2D eigenvalue weighted by Crippen LogP contribution is 2.37. The molecule has 2 heterocycles. The number of rotatable bonds is 6. The molecule has 6 heteroatoms. The predicted molar refractivity (Wildman–Crippen MR) is 100 cm³/mol. The SMILES string of the molecule is Cc1ncnc(C)c1-c1cc(NC(=O)C2CC2)ccc1OC[C@@H]1CCN1. The number of benzene rings is 1. The first-order chi connectivity index (χ1) is 12.6. The van der Waals surface area contributed by atoms with Gasteiger partial charge in [-0.25, -0.2) is 9.97 Å². The van der Waals surface area contributed by atoms with Crippen LogP contribution in [0.2, 0.25) is 0 Å². The highest BCUT2D eigenvalue weighted by atomic mass is 16.5. The van der Waals surface area contributed by atoms with E-state index in [1.807, 2.05) is 32.0 Å². The van der Waals surface area contributed by atoms with Gasteiger partial charge in [-0.3, -0.25) is 4.79 Å². The van der Waals surface area contributed by atoms with E-state index < -0.39 is 0 Å². The number of hydrogen-bond acceptors (Lipinski definition) is 5. The number of nitrogens with one attached hydrogen (secondary N) is 2. The summed E-state index contributed by atoms with van der Waals surface area (Å²) >= 11 is 0. The van der Waals surface area contributed by atoms with Crippen LogP contribution in [0.5, 0.6) is 5.75 Å². The Bertz CT molecular complexity index is 808. The Morgan fingerprint density at radius 1 is 1.23 bits per heavy atom. The number of amides is 1. The Labute approximate surface area is 153 Å². The summed E-state index contributed by atoms with van der Waals surface area (Å²) in [5, 5.41) is 6.37. The van der Waals surface area contributed by atoms with Gasteiger partial charge in [0.05, 0.1) is 0 Å². The smallest absolute Gasteiger partial charge is 0.227 e. The molecule has 1 aromatic heterocycles. The average Bonchev–Trinajstić information content (AvgIpc) is 3.40. The highest BCUT2D eigenvalue weighted by Gasteiger charge is 2.29. The molecule has 1 aliphatic heterocycles. The van der Waals surface area contributed by atoms with E-state index in [1.165, 1.54) is 0 Å². The molecule has 2 N–H and O–H groups in total. The van der Waals surface area contributed by atoms with E-state index >= 15 is 0 Å². The molecule has 2 aliphatic rings. The Balaban J connectivity index is 1.66. The van der Waals surface area contributed by atoms with Crippen LogP contribution in [0, 0.1) is 19.8 Å². The van der Waals surface area contributed by atoms with Crippen LogP contribution in [-0.2, 0) is 4.79 Å². The van der Waals surface area contributed by atoms with Crippen molar-refractivity contribution in [1.82, 2.24) is 15.3 Å². The molecular formula is C20H24N4O2. The monoisotopic (exact) mass is 352 g/mol. The van der Waals surface area contributed by atoms with Gasteiger partial charge in [-0.15, -0.1) is 0 Å². The highest BCUT2D eigenvalue weighted by molar-refractivity contribution is 5.95. The normalized spacial score (nSPS) is 18.9. The molecular weight excluding hydrogens is 328 g/mol. The molecule has 2 aromatic rings. The van der Waals surface area contributed by atoms with E-state index in [9.17, 15) is 4.79 Å². The lowest BCUT2D eigenvalue weighted by Crippen LogP contribution is -2.46. The first-order valence-electron chi connectivity index (χ1n) is 9.21. The van der Waals surface area contributed by atoms with E-state index in [2.05, 4.69) is 20.6 Å². The first-order valence-corrected chi connectivity index (χ1v) is 9.21. The van der Waals surface area contributed by atoms with Gasteiger partial charge in [-0.2, -0.15) is 0 Å². The maximum Gasteiger partial charge on any atom is 0.227 e. The predicted octanol–water partition coefficient (Wildman–Crippen LogP) is 2.85. The van der Waals surface area contributed by atoms with E-state index in [-0.39, 0.29) is 11.8 Å². The summed E-state index contributed by atoms with van der Waals surface area (Å²) in [6, 6.07) is 6.22. The van der Waals surface area contributed by atoms with Gasteiger partial charge >= 0.3 is 0 Å². The number of hydrogen-bond donors (Lipinski definition) is 2. The third kappa shape index (κ3) is 3.55. The molecule has 0 bridgehead atoms. The fourth-order valence-corrected chi connectivity index (χ4v) is 3.18. The summed E-state index contributed by atoms with van der Waals surface area (Å²) in [4.78, 5) is 20.8. The van der Waals surface area contributed by atoms with Gasteiger partial charge in [-0.1, -0.05) is 0 Å². The van der Waals surface area contributed by atoms with E-state index in [0.717, 1.165) is 59.8 Å². The molecule has 1 aliphatic carbocycles. The van der Waals surface area contributed by atoms with Crippen LogP contribution in [0.4, 0.5) is 5.69 Å². The van der Waals surface area contributed by atoms with Crippen LogP contribution in [0.25, 0.3) is 11.1 Å². The molecule has 1 saturated carbocycles. The van der Waals surface area contributed by atoms with Crippen molar-refractivity contribution < 1.29 is 9.53 Å². The molecule has 2 fully saturated rings. The van der Waals surface area contributed by atoms with Crippen molar-refractivity contribution in [2.75, 3.05) is 18.5 Å². The standard InChI is InChI=1S/C20H24N4O2/c1-12-19(13(2)23-11-22-12)17-9-15(24-20(25)14-3-4-14)5-6-18(17)26-10-16-7-8-21-16/h5-6,9,11,14,16,21H,3-4,7-8,10H2,1-2H3,(H,24,25)/t16-/m0/s1. The second-order valence-corrected chi connectivity index (χ2v) is 7.14. The Hall–Kier alpha value is -2.47. The summed E-state index contributed by atoms with van der Waals surface area (Å²) in [5.41, 5.74) is 4.47. The second-order valence-electron chi connectivity index (χ2n) is 7.14. The largest absolute Gasteiger partial charge is 0.491 e. The van der Waals surface area contributed by atoms with Gasteiger partial charge in [0.15, 0.2) is 0 Å². The van der Waals surface area contributed by atoms with Crippen molar-refractivity contribution >= 4 is 11.6 Å². The molecule has 136 valence electrons. The van der Waals surface area contributed by atoms with Crippen LogP contribution in [0.15, 0.2) is 24.5 Å². The minimum Gasteiger partial charge on any atom is -0.491 e. The zero-order valence-corrected chi connectivity index (χ0v) is 15.2. The number of aryl methyl sites for hydroxylation is 2. The molecule has 0 spiro atoms. The Morgan fingerprint density at radius 2 is 1.96 bits per heavy atom. The van der Waals surface area contributed by atoms with Gasteiger partial charge in [0, 0.05) is 40.2 Å². The molecule has 4 rings (SSSR count). The van der Waals surface area contributed by atoms with Crippen LogP contribution in [0.3, 0.4) is 0 Å². The van der Waals surface area contributed by atoms with Crippen molar-refractivity contribution in [2.45, 2.75) is 39.2 Å². The van der Waals surface area contributed by atoms with Crippen LogP contribution < -0.4 is 15.4 Å². The third-order valence-electron chi connectivity index (χ3n) is 5.06. The van der Waals surface area contributed by atoms with Crippen molar-refractivity contribution in [3.8, 4) is 16.9 Å². The number of nitrogens with zero attached hydrogens (tertiary/aromatic N) is 2. The first kappa shape index (κ1) is 17.0. The molecule has 1 saturated heterocycles. The number of ether oxygens (including phenoxy) is 1. The van der Waals surface area contributed by atoms with E-state index in [4.69, 9.17) is 4.74 Å². The van der Waals surface area contributed by atoms with Crippen LogP contribution >= 0.6 is 0 Å². The lowest BCUT2D eigenvalue weighted by atomic mass is 10.0. The van der Waals surface area contributed by atoms with Gasteiger partial charge in [0.25, 0.3) is 0 Å². The van der Waals surface area contributed by atoms with E-state index in [0.29, 0.717) is 12.6 Å². The van der Waals surface area contributed by atoms with Crippen molar-refractivity contribution in [3.05, 3.63) is 35.9 Å². The maximum atomic E-state index is 12.1. The van der Waals surface area contributed by atoms with Gasteiger partial charge in [0.1, 0.15) is 18.7 Å². The van der Waals surface area contributed by atoms with E-state index in [1.54, 1.807) is 6.33 Å². The number of carbonyl (C=O) groups excluding carboxylic acids is 1. The molecule has 1 atom stereocenters. The summed E-state index contributed by atoms with van der Waals surface area (Å²) in [7, 11) is 0. The lowest BCUT2D eigenvalue weighted by Gasteiger charge is -2.28. The molecule has 1 amide bonds. The third-order valence-corrected chi connectivity index (χ3v) is 5.06. The summed E-state index contributed by atoms with van der Waals surface area (Å²) in [6.07, 6.45) is 4.68. The summed E-state index contributed by atoms with van der Waals surface area (Å²) < 4.78 is 6.09. The van der Waals surface area contributed by atoms with Crippen LogP contribution in [-0.4, -0.2) is 35.1 Å². The van der Waals surface area contributed by atoms with Crippen molar-refractivity contribution in [2.24, 2.45) is 5.92 Å². The minimum absolute atomic E-state index is 0.0982. The Morgan fingerprint density at radius 3 is 2.58 bits per heavy atom. The van der Waals surface area contributed by atoms with Crippen molar-refractivity contribution in [1.29, 1.82) is 0 Å². The topological polar surface area (TPSA) is 76.1 Å². The molecule has 1 aromatic carbocycles. The molecule has 6 nitrogen and oxygen atoms in total. The summed E-state index contributed by atoms with van der Waals surface area (Å²) in [6.45, 7) is 5.62. The zero-order valence-electron chi connectivity index (χ0n) is 15.2. The zero-order chi connectivity index (χ0) is 18.1. The van der Waals surface area contributed by atoms with Gasteiger partial charge in [0.2, 0.25) is 5.91 Å². The molecule has 26 heavy (non-hydrogen) atoms. The number of aromatic nitrogens is 2. The quantitative estimate of drug-likeness (QED) is 0.836. The maximum absolute atomic E-state index is 12.1. The van der Waals surface area contributed by atoms with Crippen LogP contribution in [0.1, 0.15) is 30.7 Å². The second kappa shape index (κ2) is 7.03. The van der Waals surface area contributed by atoms with Gasteiger partial charge < -0.3 is 15.4 Å². The fraction of sp³-hybridized carbons (Fsp3) is 0.450.